The van der Waals surface area contributed by atoms with E-state index in [9.17, 15) is 4.79 Å². The molecule has 0 unspecified atom stereocenters. The Hall–Kier alpha value is -1.82. The molecular weight excluding hydrogens is 367 g/mol. The summed E-state index contributed by atoms with van der Waals surface area (Å²) < 4.78 is 5.55. The van der Waals surface area contributed by atoms with Crippen molar-refractivity contribution in [1.82, 2.24) is 5.32 Å². The first kappa shape index (κ1) is 18.5. The summed E-state index contributed by atoms with van der Waals surface area (Å²) in [4.78, 5) is 12.2. The van der Waals surface area contributed by atoms with Crippen LogP contribution in [0.2, 0.25) is 10.0 Å². The molecule has 7 heteroatoms. The molecule has 0 fully saturated rings. The fraction of sp³-hybridized carbons (Fsp3) is 0.176. The molecule has 0 spiro atoms. The second-order valence-corrected chi connectivity index (χ2v) is 6.22. The zero-order chi connectivity index (χ0) is 17.5. The smallest absolute Gasteiger partial charge is 0.257 e. The number of carbonyl (C=O) groups excluding carboxylic acids is 1. The third-order valence-electron chi connectivity index (χ3n) is 2.92. The van der Waals surface area contributed by atoms with Gasteiger partial charge in [-0.15, -0.1) is 0 Å². The number of benzene rings is 2. The van der Waals surface area contributed by atoms with E-state index in [1.807, 2.05) is 31.2 Å². The van der Waals surface area contributed by atoms with Gasteiger partial charge in [0.15, 0.2) is 5.11 Å². The summed E-state index contributed by atoms with van der Waals surface area (Å²) >= 11 is 16.9. The molecule has 0 aromatic heterocycles. The van der Waals surface area contributed by atoms with Gasteiger partial charge in [-0.25, -0.2) is 0 Å². The predicted molar refractivity (Wildman–Crippen MR) is 102 cm³/mol. The highest BCUT2D eigenvalue weighted by molar-refractivity contribution is 7.80. The largest absolute Gasteiger partial charge is 0.494 e. The molecule has 0 bridgehead atoms. The summed E-state index contributed by atoms with van der Waals surface area (Å²) in [6.45, 7) is 2.68. The molecule has 0 radical (unpaired) electrons. The minimum Gasteiger partial charge on any atom is -0.494 e. The molecule has 24 heavy (non-hydrogen) atoms. The Morgan fingerprint density at radius 1 is 1.17 bits per heavy atom. The molecular formula is C17H16Cl2N2O2S. The highest BCUT2D eigenvalue weighted by atomic mass is 35.5. The first-order chi connectivity index (χ1) is 11.5. The third-order valence-corrected chi connectivity index (χ3v) is 3.56. The second-order valence-electron chi connectivity index (χ2n) is 4.94. The quantitative estimate of drug-likeness (QED) is 0.721. The lowest BCUT2D eigenvalue weighted by Crippen LogP contribution is -2.34. The number of thiocarbonyl (C=S) groups is 1. The predicted octanol–water partition coefficient (Wildman–Crippen LogP) is 4.91. The lowest BCUT2D eigenvalue weighted by atomic mass is 10.2. The maximum absolute atomic E-state index is 12.2. The van der Waals surface area contributed by atoms with Crippen molar-refractivity contribution in [1.29, 1.82) is 0 Å². The first-order valence-electron chi connectivity index (χ1n) is 7.29. The van der Waals surface area contributed by atoms with Crippen molar-refractivity contribution in [2.75, 3.05) is 11.9 Å². The Morgan fingerprint density at radius 2 is 1.88 bits per heavy atom. The number of rotatable bonds is 5. The summed E-state index contributed by atoms with van der Waals surface area (Å²) in [5.74, 6) is 0.341. The molecule has 0 heterocycles. The standard InChI is InChI=1S/C17H16Cl2N2O2S/c1-2-6-23-15-5-3-4-14(10-15)20-17(24)21-16(22)11-7-12(18)9-13(19)8-11/h3-5,7-10H,2,6H2,1H3,(H2,20,21,22,24). The van der Waals surface area contributed by atoms with Crippen LogP contribution >= 0.6 is 35.4 Å². The molecule has 2 aromatic rings. The Bertz CT molecular complexity index is 733. The van der Waals surface area contributed by atoms with Gasteiger partial charge in [-0.2, -0.15) is 0 Å². The van der Waals surface area contributed by atoms with Crippen LogP contribution in [0.4, 0.5) is 5.69 Å². The van der Waals surface area contributed by atoms with Crippen LogP contribution < -0.4 is 15.4 Å². The molecule has 4 nitrogen and oxygen atoms in total. The zero-order valence-corrected chi connectivity index (χ0v) is 15.3. The van der Waals surface area contributed by atoms with Gasteiger partial charge in [0.2, 0.25) is 0 Å². The summed E-state index contributed by atoms with van der Waals surface area (Å²) in [6, 6.07) is 11.9. The minimum absolute atomic E-state index is 0.170. The van der Waals surface area contributed by atoms with Crippen LogP contribution in [0.5, 0.6) is 5.75 Å². The molecule has 0 aliphatic rings. The number of amides is 1. The Morgan fingerprint density at radius 3 is 2.54 bits per heavy atom. The van der Waals surface area contributed by atoms with E-state index in [2.05, 4.69) is 10.6 Å². The number of nitrogens with one attached hydrogen (secondary N) is 2. The van der Waals surface area contributed by atoms with Crippen LogP contribution in [0.15, 0.2) is 42.5 Å². The van der Waals surface area contributed by atoms with Gasteiger partial charge in [-0.1, -0.05) is 36.2 Å². The molecule has 0 aliphatic carbocycles. The monoisotopic (exact) mass is 382 g/mol. The number of hydrogen-bond donors (Lipinski definition) is 2. The molecule has 126 valence electrons. The topological polar surface area (TPSA) is 50.4 Å². The van der Waals surface area contributed by atoms with Crippen LogP contribution in [0, 0.1) is 0 Å². The number of halogens is 2. The van der Waals surface area contributed by atoms with E-state index in [1.54, 1.807) is 6.07 Å². The van der Waals surface area contributed by atoms with E-state index in [0.29, 0.717) is 22.2 Å². The lowest BCUT2D eigenvalue weighted by Gasteiger charge is -2.11. The molecule has 0 saturated carbocycles. The molecule has 1 amide bonds. The molecule has 0 aliphatic heterocycles. The van der Waals surface area contributed by atoms with Gasteiger partial charge < -0.3 is 10.1 Å². The fourth-order valence-corrected chi connectivity index (χ4v) is 2.64. The molecule has 0 atom stereocenters. The maximum atomic E-state index is 12.2. The fourth-order valence-electron chi connectivity index (χ4n) is 1.91. The van der Waals surface area contributed by atoms with E-state index in [1.165, 1.54) is 12.1 Å². The van der Waals surface area contributed by atoms with Gasteiger partial charge in [-0.05, 0) is 49.0 Å². The van der Waals surface area contributed by atoms with E-state index in [-0.39, 0.29) is 5.11 Å². The molecule has 2 N–H and O–H groups in total. The average Bonchev–Trinajstić information content (AvgIpc) is 2.52. The molecule has 2 rings (SSSR count). The third kappa shape index (κ3) is 5.67. The van der Waals surface area contributed by atoms with E-state index >= 15 is 0 Å². The number of anilines is 1. The van der Waals surface area contributed by atoms with E-state index < -0.39 is 5.91 Å². The van der Waals surface area contributed by atoms with Gasteiger partial charge in [0.25, 0.3) is 5.91 Å². The van der Waals surface area contributed by atoms with Crippen molar-refractivity contribution >= 4 is 52.1 Å². The number of carbonyl (C=O) groups is 1. The van der Waals surface area contributed by atoms with Crippen molar-refractivity contribution in [3.05, 3.63) is 58.1 Å². The molecule has 0 saturated heterocycles. The van der Waals surface area contributed by atoms with Crippen molar-refractivity contribution in [3.63, 3.8) is 0 Å². The second kappa shape index (κ2) is 8.87. The van der Waals surface area contributed by atoms with Gasteiger partial charge in [0.1, 0.15) is 5.75 Å². The minimum atomic E-state index is -0.393. The zero-order valence-electron chi connectivity index (χ0n) is 12.9. The Kier molecular flexibility index (Phi) is 6.85. The van der Waals surface area contributed by atoms with Gasteiger partial charge in [0, 0.05) is 27.4 Å². The van der Waals surface area contributed by atoms with Crippen LogP contribution in [-0.4, -0.2) is 17.6 Å². The normalized spacial score (nSPS) is 10.1. The highest BCUT2D eigenvalue weighted by Crippen LogP contribution is 2.19. The van der Waals surface area contributed by atoms with Crippen LogP contribution in [0.3, 0.4) is 0 Å². The Balaban J connectivity index is 1.98. The van der Waals surface area contributed by atoms with Crippen molar-refractivity contribution in [3.8, 4) is 5.75 Å². The van der Waals surface area contributed by atoms with E-state index in [4.69, 9.17) is 40.2 Å². The summed E-state index contributed by atoms with van der Waals surface area (Å²) in [7, 11) is 0. The van der Waals surface area contributed by atoms with Crippen molar-refractivity contribution in [2.24, 2.45) is 0 Å². The molecule has 2 aromatic carbocycles. The van der Waals surface area contributed by atoms with Crippen LogP contribution in [-0.2, 0) is 0 Å². The summed E-state index contributed by atoms with van der Waals surface area (Å²) in [5.41, 5.74) is 1.05. The van der Waals surface area contributed by atoms with Gasteiger partial charge >= 0.3 is 0 Å². The summed E-state index contributed by atoms with van der Waals surface area (Å²) in [6.07, 6.45) is 0.925. The van der Waals surface area contributed by atoms with Crippen LogP contribution in [0.25, 0.3) is 0 Å². The van der Waals surface area contributed by atoms with Gasteiger partial charge in [-0.3, -0.25) is 10.1 Å². The SMILES string of the molecule is CCCOc1cccc(NC(=S)NC(=O)c2cc(Cl)cc(Cl)c2)c1. The summed E-state index contributed by atoms with van der Waals surface area (Å²) in [5, 5.41) is 6.46. The first-order valence-corrected chi connectivity index (χ1v) is 8.45. The van der Waals surface area contributed by atoms with Gasteiger partial charge in [0.05, 0.1) is 6.61 Å². The number of ether oxygens (including phenoxy) is 1. The van der Waals surface area contributed by atoms with Crippen molar-refractivity contribution in [2.45, 2.75) is 13.3 Å². The van der Waals surface area contributed by atoms with E-state index in [0.717, 1.165) is 17.9 Å². The maximum Gasteiger partial charge on any atom is 0.257 e. The van der Waals surface area contributed by atoms with Crippen molar-refractivity contribution < 1.29 is 9.53 Å². The Labute approximate surface area is 156 Å². The van der Waals surface area contributed by atoms with Crippen LogP contribution in [0.1, 0.15) is 23.7 Å². The lowest BCUT2D eigenvalue weighted by molar-refractivity contribution is 0.0977. The average molecular weight is 383 g/mol. The highest BCUT2D eigenvalue weighted by Gasteiger charge is 2.10. The number of hydrogen-bond acceptors (Lipinski definition) is 3.